The minimum Gasteiger partial charge on any atom is -0.390 e. The predicted molar refractivity (Wildman–Crippen MR) is 62.9 cm³/mol. The maximum Gasteiger partial charge on any atom is 0.129 e. The largest absolute Gasteiger partial charge is 0.390 e. The maximum atomic E-state index is 9.03. The van der Waals surface area contributed by atoms with E-state index in [-0.39, 0.29) is 6.61 Å². The molecule has 15 heavy (non-hydrogen) atoms. The van der Waals surface area contributed by atoms with Gasteiger partial charge in [0.05, 0.1) is 12.3 Å². The first kappa shape index (κ1) is 12.0. The minimum absolute atomic E-state index is 0.00585. The highest BCUT2D eigenvalue weighted by molar-refractivity contribution is 5.40. The Morgan fingerprint density at radius 3 is 2.67 bits per heavy atom. The first-order chi connectivity index (χ1) is 7.22. The maximum absolute atomic E-state index is 9.03. The Morgan fingerprint density at radius 1 is 1.40 bits per heavy atom. The summed E-state index contributed by atoms with van der Waals surface area (Å²) in [6.07, 6.45) is 1.10. The van der Waals surface area contributed by atoms with Crippen LogP contribution in [-0.2, 0) is 6.61 Å². The molecule has 3 nitrogen and oxygen atoms in total. The van der Waals surface area contributed by atoms with Crippen LogP contribution in [-0.4, -0.2) is 22.7 Å². The SMILES string of the molecule is CCC(C)N(CC)c1cccc(CO)n1. The molecule has 1 unspecified atom stereocenters. The van der Waals surface area contributed by atoms with E-state index in [0.29, 0.717) is 6.04 Å². The molecule has 0 saturated carbocycles. The third kappa shape index (κ3) is 2.93. The van der Waals surface area contributed by atoms with Crippen LogP contribution in [0.25, 0.3) is 0 Å². The van der Waals surface area contributed by atoms with E-state index in [1.807, 2.05) is 18.2 Å². The number of rotatable bonds is 5. The van der Waals surface area contributed by atoms with Crippen molar-refractivity contribution in [1.82, 2.24) is 4.98 Å². The van der Waals surface area contributed by atoms with Crippen LogP contribution in [0, 0.1) is 0 Å². The second-order valence-corrected chi connectivity index (χ2v) is 3.69. The van der Waals surface area contributed by atoms with Gasteiger partial charge in [0.15, 0.2) is 0 Å². The monoisotopic (exact) mass is 208 g/mol. The topological polar surface area (TPSA) is 36.4 Å². The van der Waals surface area contributed by atoms with Crippen molar-refractivity contribution in [3.8, 4) is 0 Å². The van der Waals surface area contributed by atoms with Crippen molar-refractivity contribution in [2.75, 3.05) is 11.4 Å². The summed E-state index contributed by atoms with van der Waals surface area (Å²) < 4.78 is 0. The molecule has 3 heteroatoms. The number of nitrogens with zero attached hydrogens (tertiary/aromatic N) is 2. The van der Waals surface area contributed by atoms with Crippen molar-refractivity contribution in [2.45, 2.75) is 39.8 Å². The van der Waals surface area contributed by atoms with Gasteiger partial charge in [-0.3, -0.25) is 0 Å². The Labute approximate surface area is 91.8 Å². The molecule has 0 aliphatic heterocycles. The number of hydrogen-bond donors (Lipinski definition) is 1. The van der Waals surface area contributed by atoms with Crippen LogP contribution in [0.4, 0.5) is 5.82 Å². The van der Waals surface area contributed by atoms with Gasteiger partial charge in [0.25, 0.3) is 0 Å². The lowest BCUT2D eigenvalue weighted by Gasteiger charge is -2.28. The van der Waals surface area contributed by atoms with Crippen molar-refractivity contribution < 1.29 is 5.11 Å². The van der Waals surface area contributed by atoms with Crippen molar-refractivity contribution in [3.05, 3.63) is 23.9 Å². The third-order valence-corrected chi connectivity index (χ3v) is 2.71. The van der Waals surface area contributed by atoms with E-state index in [2.05, 4.69) is 30.7 Å². The second kappa shape index (κ2) is 5.71. The first-order valence-corrected chi connectivity index (χ1v) is 5.56. The molecule has 0 aliphatic rings. The molecule has 0 saturated heterocycles. The summed E-state index contributed by atoms with van der Waals surface area (Å²) in [6.45, 7) is 7.43. The quantitative estimate of drug-likeness (QED) is 0.806. The Kier molecular flexibility index (Phi) is 4.56. The van der Waals surface area contributed by atoms with Gasteiger partial charge in [-0.25, -0.2) is 4.98 Å². The normalized spacial score (nSPS) is 12.5. The molecule has 0 aliphatic carbocycles. The molecule has 1 aromatic heterocycles. The molecule has 0 spiro atoms. The molecule has 0 amide bonds. The van der Waals surface area contributed by atoms with E-state index in [1.165, 1.54) is 0 Å². The Balaban J connectivity index is 2.91. The second-order valence-electron chi connectivity index (χ2n) is 3.69. The minimum atomic E-state index is 0.00585. The van der Waals surface area contributed by atoms with Crippen molar-refractivity contribution >= 4 is 5.82 Å². The van der Waals surface area contributed by atoms with Crippen molar-refractivity contribution in [1.29, 1.82) is 0 Å². The van der Waals surface area contributed by atoms with E-state index >= 15 is 0 Å². The Hall–Kier alpha value is -1.09. The lowest BCUT2D eigenvalue weighted by atomic mass is 10.2. The highest BCUT2D eigenvalue weighted by Gasteiger charge is 2.11. The zero-order valence-electron chi connectivity index (χ0n) is 9.77. The molecule has 0 aromatic carbocycles. The first-order valence-electron chi connectivity index (χ1n) is 5.56. The number of anilines is 1. The lowest BCUT2D eigenvalue weighted by molar-refractivity contribution is 0.277. The van der Waals surface area contributed by atoms with Crippen LogP contribution in [0.5, 0.6) is 0 Å². The zero-order valence-corrected chi connectivity index (χ0v) is 9.77. The van der Waals surface area contributed by atoms with Gasteiger partial charge in [-0.1, -0.05) is 13.0 Å². The van der Waals surface area contributed by atoms with Crippen LogP contribution in [0.3, 0.4) is 0 Å². The number of hydrogen-bond acceptors (Lipinski definition) is 3. The summed E-state index contributed by atoms with van der Waals surface area (Å²) in [7, 11) is 0. The van der Waals surface area contributed by atoms with Crippen LogP contribution in [0.1, 0.15) is 32.9 Å². The van der Waals surface area contributed by atoms with Gasteiger partial charge in [0.2, 0.25) is 0 Å². The Bertz CT molecular complexity index is 301. The van der Waals surface area contributed by atoms with E-state index in [1.54, 1.807) is 0 Å². The third-order valence-electron chi connectivity index (χ3n) is 2.71. The van der Waals surface area contributed by atoms with Gasteiger partial charge in [-0.2, -0.15) is 0 Å². The van der Waals surface area contributed by atoms with Gasteiger partial charge >= 0.3 is 0 Å². The molecule has 0 fully saturated rings. The molecular formula is C12H20N2O. The standard InChI is InChI=1S/C12H20N2O/c1-4-10(3)14(5-2)12-8-6-7-11(9-15)13-12/h6-8,10,15H,4-5,9H2,1-3H3. The number of aromatic nitrogens is 1. The van der Waals surface area contributed by atoms with E-state index < -0.39 is 0 Å². The van der Waals surface area contributed by atoms with Crippen LogP contribution >= 0.6 is 0 Å². The van der Waals surface area contributed by atoms with Gasteiger partial charge in [0, 0.05) is 12.6 Å². The Morgan fingerprint density at radius 2 is 2.13 bits per heavy atom. The van der Waals surface area contributed by atoms with Crippen LogP contribution < -0.4 is 4.90 Å². The van der Waals surface area contributed by atoms with E-state index in [4.69, 9.17) is 5.11 Å². The van der Waals surface area contributed by atoms with E-state index in [0.717, 1.165) is 24.5 Å². The smallest absolute Gasteiger partial charge is 0.129 e. The van der Waals surface area contributed by atoms with Gasteiger partial charge in [-0.05, 0) is 32.4 Å². The summed E-state index contributed by atoms with van der Waals surface area (Å²) >= 11 is 0. The average molecular weight is 208 g/mol. The molecular weight excluding hydrogens is 188 g/mol. The number of aliphatic hydroxyl groups is 1. The number of pyridine rings is 1. The summed E-state index contributed by atoms with van der Waals surface area (Å²) in [6, 6.07) is 6.26. The van der Waals surface area contributed by atoms with Gasteiger partial charge in [-0.15, -0.1) is 0 Å². The predicted octanol–water partition coefficient (Wildman–Crippen LogP) is 2.20. The zero-order chi connectivity index (χ0) is 11.3. The molecule has 1 rings (SSSR count). The van der Waals surface area contributed by atoms with Crippen LogP contribution in [0.15, 0.2) is 18.2 Å². The molecule has 1 aromatic rings. The summed E-state index contributed by atoms with van der Waals surface area (Å²) in [5.41, 5.74) is 0.731. The molecule has 1 N–H and O–H groups in total. The van der Waals surface area contributed by atoms with Gasteiger partial charge in [0.1, 0.15) is 5.82 Å². The molecule has 84 valence electrons. The summed E-state index contributed by atoms with van der Waals surface area (Å²) in [5, 5.41) is 9.03. The molecule has 1 atom stereocenters. The highest BCUT2D eigenvalue weighted by atomic mass is 16.3. The molecule has 0 radical (unpaired) electrons. The fourth-order valence-electron chi connectivity index (χ4n) is 1.63. The fraction of sp³-hybridized carbons (Fsp3) is 0.583. The fourth-order valence-corrected chi connectivity index (χ4v) is 1.63. The lowest BCUT2D eigenvalue weighted by Crippen LogP contribution is -2.33. The molecule has 1 heterocycles. The highest BCUT2D eigenvalue weighted by Crippen LogP contribution is 2.15. The van der Waals surface area contributed by atoms with Crippen LogP contribution in [0.2, 0.25) is 0 Å². The van der Waals surface area contributed by atoms with Crippen molar-refractivity contribution in [2.24, 2.45) is 0 Å². The van der Waals surface area contributed by atoms with Crippen molar-refractivity contribution in [3.63, 3.8) is 0 Å². The summed E-state index contributed by atoms with van der Waals surface area (Å²) in [4.78, 5) is 6.66. The number of aliphatic hydroxyl groups excluding tert-OH is 1. The molecule has 0 bridgehead atoms. The van der Waals surface area contributed by atoms with E-state index in [9.17, 15) is 0 Å². The average Bonchev–Trinajstić information content (AvgIpc) is 2.30. The van der Waals surface area contributed by atoms with Gasteiger partial charge < -0.3 is 10.0 Å². The summed E-state index contributed by atoms with van der Waals surface area (Å²) in [5.74, 6) is 0.957.